The van der Waals surface area contributed by atoms with Gasteiger partial charge in [0.15, 0.2) is 0 Å². The van der Waals surface area contributed by atoms with Crippen molar-refractivity contribution in [3.05, 3.63) is 58.4 Å². The molecule has 0 saturated heterocycles. The maximum atomic E-state index is 14.2. The maximum absolute atomic E-state index is 14.2. The molecule has 4 heteroatoms. The van der Waals surface area contributed by atoms with Crippen LogP contribution in [0.25, 0.3) is 11.1 Å². The van der Waals surface area contributed by atoms with Gasteiger partial charge in [-0.15, -0.1) is 0 Å². The summed E-state index contributed by atoms with van der Waals surface area (Å²) in [7, 11) is 0. The molecule has 24 heavy (non-hydrogen) atoms. The summed E-state index contributed by atoms with van der Waals surface area (Å²) in [5, 5.41) is 0.333. The van der Waals surface area contributed by atoms with E-state index in [1.54, 1.807) is 18.2 Å². The van der Waals surface area contributed by atoms with Crippen LogP contribution in [-0.4, -0.2) is 11.6 Å². The summed E-state index contributed by atoms with van der Waals surface area (Å²) in [6, 6.07) is 10.0. The van der Waals surface area contributed by atoms with Gasteiger partial charge in [-0.2, -0.15) is 0 Å². The van der Waals surface area contributed by atoms with Crippen molar-refractivity contribution in [2.45, 2.75) is 38.5 Å². The molecular weight excluding hydrogens is 327 g/mol. The maximum Gasteiger partial charge on any atom is 0.147 e. The minimum atomic E-state index is -0.705. The molecule has 3 rings (SSSR count). The van der Waals surface area contributed by atoms with Crippen LogP contribution in [0, 0.1) is 5.82 Å². The van der Waals surface area contributed by atoms with Crippen molar-refractivity contribution in [1.29, 1.82) is 0 Å². The zero-order valence-corrected chi connectivity index (χ0v) is 14.2. The van der Waals surface area contributed by atoms with Crippen LogP contribution < -0.4 is 0 Å². The third kappa shape index (κ3) is 3.13. The van der Waals surface area contributed by atoms with E-state index in [2.05, 4.69) is 0 Å². The predicted octanol–water partition coefficient (Wildman–Crippen LogP) is 5.11. The lowest BCUT2D eigenvalue weighted by atomic mass is 9.79. The average molecular weight is 345 g/mol. The number of hydrogen-bond acceptors (Lipinski definition) is 2. The molecule has 1 aliphatic carbocycles. The molecule has 2 nitrogen and oxygen atoms in total. The van der Waals surface area contributed by atoms with E-state index in [0.29, 0.717) is 35.4 Å². The topological polar surface area (TPSA) is 34.1 Å². The molecule has 0 spiro atoms. The van der Waals surface area contributed by atoms with Crippen molar-refractivity contribution >= 4 is 23.2 Å². The Hall–Kier alpha value is -2.00. The number of aryl methyl sites for hydroxylation is 1. The van der Waals surface area contributed by atoms with Gasteiger partial charge in [0.25, 0.3) is 0 Å². The number of hydrogen-bond donors (Lipinski definition) is 0. The highest BCUT2D eigenvalue weighted by molar-refractivity contribution is 6.30. The van der Waals surface area contributed by atoms with Crippen LogP contribution in [0.2, 0.25) is 5.02 Å². The first kappa shape index (κ1) is 16.8. The summed E-state index contributed by atoms with van der Waals surface area (Å²) in [5.41, 5.74) is 2.75. The number of halogens is 2. The first-order valence-corrected chi connectivity index (χ1v) is 8.52. The minimum Gasteiger partial charge on any atom is -0.299 e. The molecule has 2 aromatic carbocycles. The molecule has 1 fully saturated rings. The van der Waals surface area contributed by atoms with Crippen LogP contribution in [-0.2, 0) is 16.0 Å². The molecule has 124 valence electrons. The molecule has 0 heterocycles. The van der Waals surface area contributed by atoms with E-state index in [1.807, 2.05) is 19.1 Å². The van der Waals surface area contributed by atoms with Gasteiger partial charge in [-0.3, -0.25) is 9.59 Å². The van der Waals surface area contributed by atoms with Gasteiger partial charge in [-0.1, -0.05) is 30.7 Å². The zero-order valence-electron chi connectivity index (χ0n) is 13.4. The van der Waals surface area contributed by atoms with Crippen LogP contribution in [0.3, 0.4) is 0 Å². The second-order valence-electron chi connectivity index (χ2n) is 6.11. The van der Waals surface area contributed by atoms with Gasteiger partial charge in [0.2, 0.25) is 0 Å². The molecule has 0 N–H and O–H groups in total. The quantitative estimate of drug-likeness (QED) is 0.725. The van der Waals surface area contributed by atoms with Crippen LogP contribution in [0.4, 0.5) is 4.39 Å². The summed E-state index contributed by atoms with van der Waals surface area (Å²) >= 11 is 5.81. The molecule has 2 aromatic rings. The standard InChI is InChI=1S/C20H18ClFO2/c1-2-12-6-7-13(15-9-8-14(21)11-17(15)22)10-16(12)20-18(23)4-3-5-19(20)24/h6-11,20H,2-5H2,1H3. The molecule has 0 bridgehead atoms. The largest absolute Gasteiger partial charge is 0.299 e. The van der Waals surface area contributed by atoms with Gasteiger partial charge >= 0.3 is 0 Å². The van der Waals surface area contributed by atoms with E-state index in [1.165, 1.54) is 6.07 Å². The number of carbonyl (C=O) groups excluding carboxylic acids is 2. The van der Waals surface area contributed by atoms with Crippen molar-refractivity contribution in [2.75, 3.05) is 0 Å². The number of carbonyl (C=O) groups is 2. The fourth-order valence-electron chi connectivity index (χ4n) is 3.33. The third-order valence-corrected chi connectivity index (χ3v) is 4.81. The van der Waals surface area contributed by atoms with Crippen LogP contribution in [0.5, 0.6) is 0 Å². The van der Waals surface area contributed by atoms with Crippen molar-refractivity contribution < 1.29 is 14.0 Å². The van der Waals surface area contributed by atoms with E-state index in [9.17, 15) is 14.0 Å². The monoisotopic (exact) mass is 344 g/mol. The number of benzene rings is 2. The lowest BCUT2D eigenvalue weighted by molar-refractivity contribution is -0.131. The van der Waals surface area contributed by atoms with E-state index >= 15 is 0 Å². The highest BCUT2D eigenvalue weighted by Gasteiger charge is 2.32. The Labute approximate surface area is 145 Å². The molecule has 0 unspecified atom stereocenters. The second-order valence-corrected chi connectivity index (χ2v) is 6.55. The van der Waals surface area contributed by atoms with Gasteiger partial charge < -0.3 is 0 Å². The summed E-state index contributed by atoms with van der Waals surface area (Å²) in [5.74, 6) is -1.19. The van der Waals surface area contributed by atoms with E-state index in [4.69, 9.17) is 11.6 Å². The second kappa shape index (κ2) is 6.86. The molecular formula is C20H18ClFO2. The van der Waals surface area contributed by atoms with Crippen molar-refractivity contribution in [3.63, 3.8) is 0 Å². The van der Waals surface area contributed by atoms with Crippen LogP contribution in [0.15, 0.2) is 36.4 Å². The van der Waals surface area contributed by atoms with Gasteiger partial charge in [-0.25, -0.2) is 4.39 Å². The molecule has 0 amide bonds. The van der Waals surface area contributed by atoms with E-state index in [-0.39, 0.29) is 11.6 Å². The Bertz CT molecular complexity index is 797. The summed E-state index contributed by atoms with van der Waals surface area (Å²) in [6.45, 7) is 1.99. The van der Waals surface area contributed by atoms with Crippen molar-refractivity contribution in [3.8, 4) is 11.1 Å². The first-order valence-electron chi connectivity index (χ1n) is 8.15. The van der Waals surface area contributed by atoms with Crippen LogP contribution >= 0.6 is 11.6 Å². The summed E-state index contributed by atoms with van der Waals surface area (Å²) in [6.07, 6.45) is 2.20. The molecule has 0 aliphatic heterocycles. The molecule has 1 aliphatic rings. The number of rotatable bonds is 3. The van der Waals surface area contributed by atoms with Gasteiger partial charge in [0.05, 0.1) is 0 Å². The molecule has 0 atom stereocenters. The van der Waals surface area contributed by atoms with E-state index in [0.717, 1.165) is 17.5 Å². The normalized spacial score (nSPS) is 15.8. The molecule has 1 saturated carbocycles. The first-order chi connectivity index (χ1) is 11.5. The Morgan fingerprint density at radius 2 is 1.79 bits per heavy atom. The highest BCUT2D eigenvalue weighted by Crippen LogP contribution is 2.34. The SMILES string of the molecule is CCc1ccc(-c2ccc(Cl)cc2F)cc1C1C(=O)CCCC1=O. The predicted molar refractivity (Wildman–Crippen MR) is 92.8 cm³/mol. The minimum absolute atomic E-state index is 0.0327. The average Bonchev–Trinajstić information content (AvgIpc) is 2.54. The number of ketones is 2. The lowest BCUT2D eigenvalue weighted by Gasteiger charge is -2.23. The smallest absolute Gasteiger partial charge is 0.147 e. The Morgan fingerprint density at radius 3 is 2.42 bits per heavy atom. The highest BCUT2D eigenvalue weighted by atomic mass is 35.5. The molecule has 0 aromatic heterocycles. The Morgan fingerprint density at radius 1 is 1.08 bits per heavy atom. The Kier molecular flexibility index (Phi) is 4.81. The summed E-state index contributed by atoms with van der Waals surface area (Å²) in [4.78, 5) is 24.6. The van der Waals surface area contributed by atoms with E-state index < -0.39 is 11.7 Å². The van der Waals surface area contributed by atoms with Crippen molar-refractivity contribution in [1.82, 2.24) is 0 Å². The van der Waals surface area contributed by atoms with Gasteiger partial charge in [-0.05, 0) is 53.8 Å². The lowest BCUT2D eigenvalue weighted by Crippen LogP contribution is -2.27. The third-order valence-electron chi connectivity index (χ3n) is 4.57. The van der Waals surface area contributed by atoms with Crippen molar-refractivity contribution in [2.24, 2.45) is 0 Å². The number of Topliss-reactive ketones (excluding diaryl/α,β-unsaturated/α-hetero) is 2. The fraction of sp³-hybridized carbons (Fsp3) is 0.300. The molecule has 0 radical (unpaired) electrons. The van der Waals surface area contributed by atoms with Crippen LogP contribution in [0.1, 0.15) is 43.2 Å². The zero-order chi connectivity index (χ0) is 17.3. The Balaban J connectivity index is 2.12. The summed E-state index contributed by atoms with van der Waals surface area (Å²) < 4.78 is 14.2. The fourth-order valence-corrected chi connectivity index (χ4v) is 3.49. The van der Waals surface area contributed by atoms with Gasteiger partial charge in [0.1, 0.15) is 23.3 Å². The van der Waals surface area contributed by atoms with Gasteiger partial charge in [0, 0.05) is 23.4 Å².